The van der Waals surface area contributed by atoms with Gasteiger partial charge in [0, 0.05) is 18.6 Å². The lowest BCUT2D eigenvalue weighted by Gasteiger charge is -1.99. The molecule has 3 nitrogen and oxygen atoms in total. The van der Waals surface area contributed by atoms with Crippen LogP contribution in [0.15, 0.2) is 12.4 Å². The zero-order chi connectivity index (χ0) is 11.6. The molecule has 0 fully saturated rings. The van der Waals surface area contributed by atoms with Crippen molar-refractivity contribution in [3.05, 3.63) is 18.2 Å². The van der Waals surface area contributed by atoms with E-state index < -0.39 is 0 Å². The van der Waals surface area contributed by atoms with Gasteiger partial charge in [0.1, 0.15) is 12.4 Å². The average molecular weight is 238 g/mol. The van der Waals surface area contributed by atoms with Gasteiger partial charge in [0.25, 0.3) is 5.82 Å². The molecule has 1 rings (SSSR count). The number of imidazole rings is 1. The Morgan fingerprint density at radius 3 is 3.06 bits per heavy atom. The molecular formula is C12H20N3S+. The van der Waals surface area contributed by atoms with Crippen molar-refractivity contribution in [1.29, 1.82) is 5.26 Å². The van der Waals surface area contributed by atoms with Crippen LogP contribution in [0, 0.1) is 11.3 Å². The number of rotatable bonds is 8. The highest BCUT2D eigenvalue weighted by molar-refractivity contribution is 7.98. The Morgan fingerprint density at radius 2 is 2.31 bits per heavy atom. The minimum absolute atomic E-state index is 0.692. The number of H-pyrrole nitrogens is 1. The first-order valence-electron chi connectivity index (χ1n) is 5.80. The fourth-order valence-electron chi connectivity index (χ4n) is 1.68. The Morgan fingerprint density at radius 1 is 1.44 bits per heavy atom. The standard InChI is InChI=1S/C12H19N3S/c1-16-11-10-15-9-8-14-12(15)6-4-2-3-5-7-13/h8-9H,2-6,10-11H2,1H3/p+1. The molecule has 0 amide bonds. The van der Waals surface area contributed by atoms with Crippen molar-refractivity contribution >= 4 is 11.8 Å². The molecule has 0 radical (unpaired) electrons. The average Bonchev–Trinajstić information content (AvgIpc) is 2.74. The van der Waals surface area contributed by atoms with Gasteiger partial charge in [-0.05, 0) is 19.1 Å². The molecule has 0 aromatic carbocycles. The van der Waals surface area contributed by atoms with Gasteiger partial charge in [0.15, 0.2) is 0 Å². The first kappa shape index (κ1) is 13.1. The van der Waals surface area contributed by atoms with Crippen LogP contribution in [0.4, 0.5) is 0 Å². The number of aryl methyl sites for hydroxylation is 2. The highest BCUT2D eigenvalue weighted by Gasteiger charge is 2.08. The summed E-state index contributed by atoms with van der Waals surface area (Å²) in [6.07, 6.45) is 11.4. The molecule has 0 spiro atoms. The molecule has 88 valence electrons. The van der Waals surface area contributed by atoms with Crippen molar-refractivity contribution in [3.8, 4) is 6.07 Å². The van der Waals surface area contributed by atoms with Gasteiger partial charge >= 0.3 is 0 Å². The Hall–Kier alpha value is -0.950. The minimum atomic E-state index is 0.692. The van der Waals surface area contributed by atoms with E-state index in [1.54, 1.807) is 0 Å². The van der Waals surface area contributed by atoms with Crippen molar-refractivity contribution in [2.75, 3.05) is 12.0 Å². The van der Waals surface area contributed by atoms with Crippen molar-refractivity contribution in [3.63, 3.8) is 0 Å². The Balaban J connectivity index is 2.25. The van der Waals surface area contributed by atoms with E-state index in [9.17, 15) is 0 Å². The number of hydrogen-bond donors (Lipinski definition) is 1. The summed E-state index contributed by atoms with van der Waals surface area (Å²) in [5.41, 5.74) is 0. The summed E-state index contributed by atoms with van der Waals surface area (Å²) < 4.78 is 2.29. The molecule has 0 unspecified atom stereocenters. The largest absolute Gasteiger partial charge is 0.254 e. The fourth-order valence-corrected chi connectivity index (χ4v) is 2.06. The van der Waals surface area contributed by atoms with Crippen LogP contribution in [0.25, 0.3) is 0 Å². The molecule has 0 aliphatic rings. The molecule has 0 saturated carbocycles. The molecule has 1 N–H and O–H groups in total. The van der Waals surface area contributed by atoms with Crippen LogP contribution in [0.3, 0.4) is 0 Å². The van der Waals surface area contributed by atoms with Crippen LogP contribution in [0.5, 0.6) is 0 Å². The van der Waals surface area contributed by atoms with Crippen molar-refractivity contribution < 1.29 is 4.57 Å². The van der Waals surface area contributed by atoms with Gasteiger partial charge in [-0.2, -0.15) is 17.0 Å². The van der Waals surface area contributed by atoms with Crippen LogP contribution >= 0.6 is 11.8 Å². The Labute approximate surface area is 102 Å². The van der Waals surface area contributed by atoms with E-state index in [1.165, 1.54) is 12.2 Å². The monoisotopic (exact) mass is 238 g/mol. The maximum atomic E-state index is 8.43. The Kier molecular flexibility index (Phi) is 6.75. The van der Waals surface area contributed by atoms with Gasteiger partial charge in [-0.1, -0.05) is 6.42 Å². The van der Waals surface area contributed by atoms with Crippen LogP contribution in [-0.2, 0) is 13.0 Å². The highest BCUT2D eigenvalue weighted by Crippen LogP contribution is 2.03. The SMILES string of the molecule is CSCC[n+]1cc[nH]c1CCCCCC#N. The number of hydrogen-bond acceptors (Lipinski definition) is 2. The summed E-state index contributed by atoms with van der Waals surface area (Å²) in [7, 11) is 0. The third-order valence-corrected chi connectivity index (χ3v) is 3.18. The van der Waals surface area contributed by atoms with E-state index in [2.05, 4.69) is 28.1 Å². The third-order valence-electron chi connectivity index (χ3n) is 2.59. The molecule has 0 aliphatic heterocycles. The van der Waals surface area contributed by atoms with E-state index >= 15 is 0 Å². The second-order valence-corrected chi connectivity index (χ2v) is 4.80. The van der Waals surface area contributed by atoms with Gasteiger partial charge in [-0.15, -0.1) is 0 Å². The smallest absolute Gasteiger partial charge is 0.248 e. The number of nitrogens with zero attached hydrogens (tertiary/aromatic N) is 2. The van der Waals surface area contributed by atoms with Crippen molar-refractivity contribution in [2.24, 2.45) is 0 Å². The van der Waals surface area contributed by atoms with Crippen molar-refractivity contribution in [1.82, 2.24) is 4.98 Å². The number of aromatic amines is 1. The summed E-state index contributed by atoms with van der Waals surface area (Å²) >= 11 is 1.87. The van der Waals surface area contributed by atoms with E-state index in [4.69, 9.17) is 5.26 Å². The van der Waals surface area contributed by atoms with Crippen LogP contribution < -0.4 is 4.57 Å². The molecule has 1 aromatic heterocycles. The molecule has 1 aromatic rings. The topological polar surface area (TPSA) is 43.5 Å². The van der Waals surface area contributed by atoms with E-state index in [0.29, 0.717) is 6.42 Å². The highest BCUT2D eigenvalue weighted by atomic mass is 32.2. The number of nitrogens with one attached hydrogen (secondary N) is 1. The van der Waals surface area contributed by atoms with Crippen molar-refractivity contribution in [2.45, 2.75) is 38.6 Å². The summed E-state index contributed by atoms with van der Waals surface area (Å²) in [6.45, 7) is 1.08. The van der Waals surface area contributed by atoms with E-state index in [-0.39, 0.29) is 0 Å². The number of nitriles is 1. The van der Waals surface area contributed by atoms with Gasteiger partial charge in [0.2, 0.25) is 0 Å². The van der Waals surface area contributed by atoms with Gasteiger partial charge < -0.3 is 0 Å². The maximum absolute atomic E-state index is 8.43. The van der Waals surface area contributed by atoms with Crippen LogP contribution in [0.1, 0.15) is 31.5 Å². The van der Waals surface area contributed by atoms with Crippen LogP contribution in [0.2, 0.25) is 0 Å². The molecule has 0 aliphatic carbocycles. The summed E-state index contributed by atoms with van der Waals surface area (Å²) in [4.78, 5) is 3.29. The van der Waals surface area contributed by atoms with E-state index in [1.807, 2.05) is 18.0 Å². The first-order valence-corrected chi connectivity index (χ1v) is 7.19. The fraction of sp³-hybridized carbons (Fsp3) is 0.667. The van der Waals surface area contributed by atoms with Gasteiger partial charge in [0.05, 0.1) is 12.6 Å². The normalized spacial score (nSPS) is 10.2. The zero-order valence-corrected chi connectivity index (χ0v) is 10.7. The molecule has 0 saturated heterocycles. The van der Waals surface area contributed by atoms with Crippen LogP contribution in [-0.4, -0.2) is 17.0 Å². The zero-order valence-electron chi connectivity index (χ0n) is 9.91. The Bertz CT molecular complexity index is 327. The molecule has 4 heteroatoms. The lowest BCUT2D eigenvalue weighted by molar-refractivity contribution is -0.698. The second-order valence-electron chi connectivity index (χ2n) is 3.81. The molecule has 1 heterocycles. The summed E-state index contributed by atoms with van der Waals surface area (Å²) in [5, 5.41) is 8.43. The molecule has 0 atom stereocenters. The van der Waals surface area contributed by atoms with Gasteiger partial charge in [-0.3, -0.25) is 0 Å². The predicted octanol–water partition coefficient (Wildman–Crippen LogP) is 2.29. The lowest BCUT2D eigenvalue weighted by atomic mass is 10.1. The number of aromatic nitrogens is 2. The maximum Gasteiger partial charge on any atom is 0.254 e. The summed E-state index contributed by atoms with van der Waals surface area (Å²) in [5.74, 6) is 2.47. The predicted molar refractivity (Wildman–Crippen MR) is 67.2 cm³/mol. The molecule has 0 bridgehead atoms. The second kappa shape index (κ2) is 8.23. The lowest BCUT2D eigenvalue weighted by Crippen LogP contribution is -2.37. The van der Waals surface area contributed by atoms with E-state index in [0.717, 1.165) is 31.6 Å². The minimum Gasteiger partial charge on any atom is -0.248 e. The third kappa shape index (κ3) is 4.71. The van der Waals surface area contributed by atoms with Gasteiger partial charge in [-0.25, -0.2) is 9.55 Å². The summed E-state index contributed by atoms with van der Waals surface area (Å²) in [6, 6.07) is 2.18. The first-order chi connectivity index (χ1) is 7.88. The number of thioether (sulfide) groups is 1. The molecular weight excluding hydrogens is 218 g/mol. The molecule has 16 heavy (non-hydrogen) atoms. The quantitative estimate of drug-likeness (QED) is 0.558. The number of unbranched alkanes of at least 4 members (excludes halogenated alkanes) is 3.